The minimum atomic E-state index is 0.0468. The normalized spacial score (nSPS) is 10.3. The van der Waals surface area contributed by atoms with Gasteiger partial charge in [0.2, 0.25) is 0 Å². The van der Waals surface area contributed by atoms with Crippen LogP contribution < -0.4 is 4.74 Å². The first-order valence-electron chi connectivity index (χ1n) is 5.70. The zero-order chi connectivity index (χ0) is 10.9. The molecule has 1 N–H and O–H groups in total. The third-order valence-electron chi connectivity index (χ3n) is 2.40. The van der Waals surface area contributed by atoms with E-state index < -0.39 is 0 Å². The third kappa shape index (κ3) is 4.34. The number of rotatable bonds is 7. The average molecular weight is 208 g/mol. The maximum absolute atomic E-state index is 9.08. The predicted molar refractivity (Wildman–Crippen MR) is 62.0 cm³/mol. The maximum atomic E-state index is 9.08. The van der Waals surface area contributed by atoms with Crippen molar-refractivity contribution in [3.8, 4) is 5.75 Å². The SMILES string of the molecule is CCCCCCOc1ccccc1CO. The summed E-state index contributed by atoms with van der Waals surface area (Å²) in [5.74, 6) is 0.816. The van der Waals surface area contributed by atoms with Crippen molar-refractivity contribution in [1.82, 2.24) is 0 Å². The first-order valence-corrected chi connectivity index (χ1v) is 5.70. The highest BCUT2D eigenvalue weighted by molar-refractivity contribution is 5.32. The lowest BCUT2D eigenvalue weighted by molar-refractivity contribution is 0.260. The van der Waals surface area contributed by atoms with Crippen LogP contribution in [0.3, 0.4) is 0 Å². The van der Waals surface area contributed by atoms with Crippen LogP contribution in [-0.4, -0.2) is 11.7 Å². The second-order valence-electron chi connectivity index (χ2n) is 3.67. The van der Waals surface area contributed by atoms with Gasteiger partial charge < -0.3 is 9.84 Å². The molecule has 0 radical (unpaired) electrons. The zero-order valence-electron chi connectivity index (χ0n) is 9.41. The van der Waals surface area contributed by atoms with Gasteiger partial charge in [0.1, 0.15) is 5.75 Å². The molecule has 0 aliphatic heterocycles. The van der Waals surface area contributed by atoms with E-state index in [1.54, 1.807) is 0 Å². The molecule has 0 atom stereocenters. The van der Waals surface area contributed by atoms with E-state index in [1.165, 1.54) is 19.3 Å². The Bertz CT molecular complexity index is 271. The van der Waals surface area contributed by atoms with Gasteiger partial charge in [-0.2, -0.15) is 0 Å². The molecule has 0 unspecified atom stereocenters. The van der Waals surface area contributed by atoms with Gasteiger partial charge >= 0.3 is 0 Å². The molecule has 0 aliphatic rings. The maximum Gasteiger partial charge on any atom is 0.124 e. The molecule has 0 spiro atoms. The molecular formula is C13H20O2. The van der Waals surface area contributed by atoms with Gasteiger partial charge in [-0.15, -0.1) is 0 Å². The Morgan fingerprint density at radius 2 is 1.93 bits per heavy atom. The first-order chi connectivity index (χ1) is 7.38. The van der Waals surface area contributed by atoms with Gasteiger partial charge in [-0.05, 0) is 12.5 Å². The number of hydrogen-bond donors (Lipinski definition) is 1. The smallest absolute Gasteiger partial charge is 0.124 e. The van der Waals surface area contributed by atoms with Crippen LogP contribution in [0.2, 0.25) is 0 Å². The summed E-state index contributed by atoms with van der Waals surface area (Å²) in [5.41, 5.74) is 0.869. The quantitative estimate of drug-likeness (QED) is 0.697. The van der Waals surface area contributed by atoms with Gasteiger partial charge in [0.05, 0.1) is 13.2 Å². The van der Waals surface area contributed by atoms with Crippen molar-refractivity contribution in [1.29, 1.82) is 0 Å². The summed E-state index contributed by atoms with van der Waals surface area (Å²) < 4.78 is 5.61. The molecule has 0 aliphatic carbocycles. The summed E-state index contributed by atoms with van der Waals surface area (Å²) in [6, 6.07) is 7.64. The highest BCUT2D eigenvalue weighted by Gasteiger charge is 2.00. The molecule has 1 aromatic carbocycles. The molecule has 0 bridgehead atoms. The number of hydrogen-bond acceptors (Lipinski definition) is 2. The molecule has 2 nitrogen and oxygen atoms in total. The summed E-state index contributed by atoms with van der Waals surface area (Å²) in [7, 11) is 0. The Labute approximate surface area is 91.9 Å². The van der Waals surface area contributed by atoms with Crippen LogP contribution in [0.25, 0.3) is 0 Å². The molecule has 15 heavy (non-hydrogen) atoms. The van der Waals surface area contributed by atoms with E-state index in [1.807, 2.05) is 24.3 Å². The molecule has 84 valence electrons. The van der Waals surface area contributed by atoms with Crippen molar-refractivity contribution in [2.24, 2.45) is 0 Å². The lowest BCUT2D eigenvalue weighted by Gasteiger charge is -2.09. The molecule has 0 amide bonds. The predicted octanol–water partition coefficient (Wildman–Crippen LogP) is 3.14. The third-order valence-corrected chi connectivity index (χ3v) is 2.40. The van der Waals surface area contributed by atoms with Gasteiger partial charge in [0.15, 0.2) is 0 Å². The van der Waals surface area contributed by atoms with Crippen LogP contribution in [0.1, 0.15) is 38.2 Å². The van der Waals surface area contributed by atoms with E-state index >= 15 is 0 Å². The summed E-state index contributed by atoms with van der Waals surface area (Å²) in [4.78, 5) is 0. The van der Waals surface area contributed by atoms with Crippen molar-refractivity contribution in [3.05, 3.63) is 29.8 Å². The molecule has 0 heterocycles. The minimum absolute atomic E-state index is 0.0468. The Kier molecular flexibility index (Phi) is 5.86. The van der Waals surface area contributed by atoms with Gasteiger partial charge in [-0.3, -0.25) is 0 Å². The molecular weight excluding hydrogens is 188 g/mol. The molecule has 0 fully saturated rings. The number of ether oxygens (including phenoxy) is 1. The fourth-order valence-electron chi connectivity index (χ4n) is 1.49. The van der Waals surface area contributed by atoms with Gasteiger partial charge in [-0.25, -0.2) is 0 Å². The summed E-state index contributed by atoms with van der Waals surface area (Å²) in [5, 5.41) is 9.08. The Balaban J connectivity index is 2.30. The molecule has 1 rings (SSSR count). The summed E-state index contributed by atoms with van der Waals surface area (Å²) in [6.07, 6.45) is 4.82. The second kappa shape index (κ2) is 7.30. The highest BCUT2D eigenvalue weighted by Crippen LogP contribution is 2.17. The van der Waals surface area contributed by atoms with Crippen LogP contribution in [0, 0.1) is 0 Å². The number of para-hydroxylation sites is 1. The fraction of sp³-hybridized carbons (Fsp3) is 0.538. The Hall–Kier alpha value is -1.02. The van der Waals surface area contributed by atoms with E-state index in [2.05, 4.69) is 6.92 Å². The van der Waals surface area contributed by atoms with Crippen molar-refractivity contribution in [3.63, 3.8) is 0 Å². The van der Waals surface area contributed by atoms with Crippen molar-refractivity contribution in [2.45, 2.75) is 39.2 Å². The highest BCUT2D eigenvalue weighted by atomic mass is 16.5. The topological polar surface area (TPSA) is 29.5 Å². The van der Waals surface area contributed by atoms with Crippen LogP contribution in [-0.2, 0) is 6.61 Å². The Morgan fingerprint density at radius 1 is 1.13 bits per heavy atom. The standard InChI is InChI=1S/C13H20O2/c1-2-3-4-7-10-15-13-9-6-5-8-12(13)11-14/h5-6,8-9,14H,2-4,7,10-11H2,1H3. The Morgan fingerprint density at radius 3 is 2.67 bits per heavy atom. The van der Waals surface area contributed by atoms with Crippen molar-refractivity contribution >= 4 is 0 Å². The van der Waals surface area contributed by atoms with Crippen LogP contribution in [0.4, 0.5) is 0 Å². The number of aliphatic hydroxyl groups is 1. The van der Waals surface area contributed by atoms with Crippen molar-refractivity contribution < 1.29 is 9.84 Å². The number of unbranched alkanes of at least 4 members (excludes halogenated alkanes) is 3. The van der Waals surface area contributed by atoms with Crippen LogP contribution in [0.15, 0.2) is 24.3 Å². The summed E-state index contributed by atoms with van der Waals surface area (Å²) in [6.45, 7) is 2.99. The monoisotopic (exact) mass is 208 g/mol. The van der Waals surface area contributed by atoms with Crippen LogP contribution in [0.5, 0.6) is 5.75 Å². The van der Waals surface area contributed by atoms with E-state index in [4.69, 9.17) is 9.84 Å². The second-order valence-corrected chi connectivity index (χ2v) is 3.67. The number of aliphatic hydroxyl groups excluding tert-OH is 1. The minimum Gasteiger partial charge on any atom is -0.493 e. The zero-order valence-corrected chi connectivity index (χ0v) is 9.41. The van der Waals surface area contributed by atoms with E-state index in [0.717, 1.165) is 24.3 Å². The first kappa shape index (κ1) is 12.1. The van der Waals surface area contributed by atoms with Crippen molar-refractivity contribution in [2.75, 3.05) is 6.61 Å². The van der Waals surface area contributed by atoms with Crippen LogP contribution >= 0.6 is 0 Å². The fourth-order valence-corrected chi connectivity index (χ4v) is 1.49. The molecule has 1 aromatic rings. The average Bonchev–Trinajstić information content (AvgIpc) is 2.29. The lowest BCUT2D eigenvalue weighted by atomic mass is 10.2. The lowest BCUT2D eigenvalue weighted by Crippen LogP contribution is -2.00. The van der Waals surface area contributed by atoms with E-state index in [0.29, 0.717) is 0 Å². The van der Waals surface area contributed by atoms with E-state index in [-0.39, 0.29) is 6.61 Å². The molecule has 0 saturated heterocycles. The largest absolute Gasteiger partial charge is 0.493 e. The molecule has 0 saturated carbocycles. The summed E-state index contributed by atoms with van der Waals surface area (Å²) >= 11 is 0. The van der Waals surface area contributed by atoms with Gasteiger partial charge in [0, 0.05) is 5.56 Å². The number of benzene rings is 1. The van der Waals surface area contributed by atoms with E-state index in [9.17, 15) is 0 Å². The molecule has 0 aromatic heterocycles. The van der Waals surface area contributed by atoms with Gasteiger partial charge in [0.25, 0.3) is 0 Å². The molecule has 2 heteroatoms. The van der Waals surface area contributed by atoms with Gasteiger partial charge in [-0.1, -0.05) is 44.4 Å².